The van der Waals surface area contributed by atoms with Crippen LogP contribution in [0.1, 0.15) is 49.3 Å². The third-order valence-corrected chi connectivity index (χ3v) is 3.40. The van der Waals surface area contributed by atoms with Gasteiger partial charge in [-0.15, -0.1) is 11.6 Å². The van der Waals surface area contributed by atoms with Crippen LogP contribution in [0.3, 0.4) is 0 Å². The Morgan fingerprint density at radius 2 is 2.20 bits per heavy atom. The Bertz CT molecular complexity index is 351. The molecule has 1 aliphatic rings. The predicted octanol–water partition coefficient (Wildman–Crippen LogP) is 3.43. The highest BCUT2D eigenvalue weighted by Crippen LogP contribution is 2.36. The Labute approximate surface area is 96.1 Å². The van der Waals surface area contributed by atoms with E-state index in [1.807, 2.05) is 13.0 Å². The van der Waals surface area contributed by atoms with Gasteiger partial charge in [0.15, 0.2) is 0 Å². The van der Waals surface area contributed by atoms with Crippen molar-refractivity contribution in [1.82, 2.24) is 9.97 Å². The summed E-state index contributed by atoms with van der Waals surface area (Å²) in [4.78, 5) is 9.05. The molecule has 2 unspecified atom stereocenters. The minimum absolute atomic E-state index is 0.485. The minimum Gasteiger partial charge on any atom is -0.238 e. The molecule has 0 spiro atoms. The third kappa shape index (κ3) is 2.49. The fourth-order valence-electron chi connectivity index (χ4n) is 2.35. The molecule has 0 bridgehead atoms. The first-order valence-corrected chi connectivity index (χ1v) is 6.13. The van der Waals surface area contributed by atoms with E-state index in [1.165, 1.54) is 19.3 Å². The van der Waals surface area contributed by atoms with Gasteiger partial charge >= 0.3 is 0 Å². The van der Waals surface area contributed by atoms with Gasteiger partial charge in [-0.25, -0.2) is 9.97 Å². The topological polar surface area (TPSA) is 25.8 Å². The van der Waals surface area contributed by atoms with Gasteiger partial charge in [0.1, 0.15) is 5.82 Å². The smallest absolute Gasteiger partial charge is 0.131 e. The fraction of sp³-hybridized carbons (Fsp3) is 0.667. The van der Waals surface area contributed by atoms with Crippen molar-refractivity contribution in [3.63, 3.8) is 0 Å². The van der Waals surface area contributed by atoms with Crippen LogP contribution in [0.4, 0.5) is 0 Å². The van der Waals surface area contributed by atoms with Crippen LogP contribution < -0.4 is 0 Å². The molecule has 0 saturated heterocycles. The summed E-state index contributed by atoms with van der Waals surface area (Å²) in [7, 11) is 0. The molecule has 1 aromatic heterocycles. The lowest BCUT2D eigenvalue weighted by Crippen LogP contribution is -2.04. The van der Waals surface area contributed by atoms with Gasteiger partial charge in [0, 0.05) is 11.6 Å². The van der Waals surface area contributed by atoms with Crippen molar-refractivity contribution in [3.8, 4) is 0 Å². The van der Waals surface area contributed by atoms with Crippen LogP contribution in [0.5, 0.6) is 0 Å². The molecule has 0 aliphatic heterocycles. The van der Waals surface area contributed by atoms with E-state index in [0.29, 0.717) is 11.8 Å². The second-order valence-electron chi connectivity index (χ2n) is 4.61. The molecule has 2 nitrogen and oxygen atoms in total. The maximum atomic E-state index is 5.82. The number of aryl methyl sites for hydroxylation is 1. The molecule has 1 aliphatic carbocycles. The first-order valence-electron chi connectivity index (χ1n) is 5.59. The summed E-state index contributed by atoms with van der Waals surface area (Å²) in [5.41, 5.74) is 1.99. The summed E-state index contributed by atoms with van der Waals surface area (Å²) < 4.78 is 0. The predicted molar refractivity (Wildman–Crippen MR) is 62.1 cm³/mol. The van der Waals surface area contributed by atoms with Gasteiger partial charge < -0.3 is 0 Å². The van der Waals surface area contributed by atoms with E-state index in [0.717, 1.165) is 23.1 Å². The standard InChI is InChI=1S/C12H17ClN2/c1-8-3-4-10(5-8)12-14-9(2)6-11(7-13)15-12/h6,8,10H,3-5,7H2,1-2H3. The first kappa shape index (κ1) is 10.9. The maximum Gasteiger partial charge on any atom is 0.131 e. The van der Waals surface area contributed by atoms with E-state index < -0.39 is 0 Å². The normalized spacial score (nSPS) is 25.8. The zero-order valence-electron chi connectivity index (χ0n) is 9.33. The van der Waals surface area contributed by atoms with Crippen LogP contribution >= 0.6 is 11.6 Å². The number of hydrogen-bond acceptors (Lipinski definition) is 2. The molecule has 2 atom stereocenters. The molecule has 1 heterocycles. The molecule has 1 fully saturated rings. The van der Waals surface area contributed by atoms with Crippen LogP contribution in [0.2, 0.25) is 0 Å². The molecule has 0 N–H and O–H groups in total. The third-order valence-electron chi connectivity index (χ3n) is 3.12. The molecule has 82 valence electrons. The van der Waals surface area contributed by atoms with Crippen LogP contribution in [-0.2, 0) is 5.88 Å². The minimum atomic E-state index is 0.485. The molecule has 15 heavy (non-hydrogen) atoms. The highest BCUT2D eigenvalue weighted by molar-refractivity contribution is 6.16. The van der Waals surface area contributed by atoms with Crippen molar-refractivity contribution >= 4 is 11.6 Å². The fourth-order valence-corrected chi connectivity index (χ4v) is 2.49. The Kier molecular flexibility index (Phi) is 3.25. The summed E-state index contributed by atoms with van der Waals surface area (Å²) in [5.74, 6) is 2.87. The molecule has 2 rings (SSSR count). The zero-order valence-corrected chi connectivity index (χ0v) is 10.1. The monoisotopic (exact) mass is 224 g/mol. The van der Waals surface area contributed by atoms with Gasteiger partial charge in [0.05, 0.1) is 11.6 Å². The lowest BCUT2D eigenvalue weighted by atomic mass is 10.1. The average molecular weight is 225 g/mol. The molecular weight excluding hydrogens is 208 g/mol. The number of halogens is 1. The second kappa shape index (κ2) is 4.48. The summed E-state index contributed by atoms with van der Waals surface area (Å²) >= 11 is 5.82. The van der Waals surface area contributed by atoms with Gasteiger partial charge in [-0.1, -0.05) is 6.92 Å². The van der Waals surface area contributed by atoms with Crippen LogP contribution in [0.25, 0.3) is 0 Å². The van der Waals surface area contributed by atoms with E-state index in [2.05, 4.69) is 16.9 Å². The van der Waals surface area contributed by atoms with E-state index in [4.69, 9.17) is 11.6 Å². The van der Waals surface area contributed by atoms with E-state index >= 15 is 0 Å². The highest BCUT2D eigenvalue weighted by atomic mass is 35.5. The number of hydrogen-bond donors (Lipinski definition) is 0. The molecule has 0 radical (unpaired) electrons. The lowest BCUT2D eigenvalue weighted by molar-refractivity contribution is 0.583. The molecule has 1 aromatic rings. The number of alkyl halides is 1. The van der Waals surface area contributed by atoms with E-state index in [9.17, 15) is 0 Å². The maximum absolute atomic E-state index is 5.82. The van der Waals surface area contributed by atoms with Crippen molar-refractivity contribution in [2.75, 3.05) is 0 Å². The molecular formula is C12H17ClN2. The van der Waals surface area contributed by atoms with E-state index in [-0.39, 0.29) is 0 Å². The van der Waals surface area contributed by atoms with Gasteiger partial charge in [0.25, 0.3) is 0 Å². The number of nitrogens with zero attached hydrogens (tertiary/aromatic N) is 2. The molecule has 3 heteroatoms. The van der Waals surface area contributed by atoms with Gasteiger partial charge in [0.2, 0.25) is 0 Å². The van der Waals surface area contributed by atoms with E-state index in [1.54, 1.807) is 0 Å². The lowest BCUT2D eigenvalue weighted by Gasteiger charge is -2.10. The van der Waals surface area contributed by atoms with Crippen molar-refractivity contribution in [2.45, 2.75) is 44.9 Å². The van der Waals surface area contributed by atoms with Gasteiger partial charge in [-0.05, 0) is 38.2 Å². The molecule has 0 amide bonds. The quantitative estimate of drug-likeness (QED) is 0.720. The second-order valence-corrected chi connectivity index (χ2v) is 4.87. The zero-order chi connectivity index (χ0) is 10.8. The van der Waals surface area contributed by atoms with Crippen molar-refractivity contribution in [3.05, 3.63) is 23.3 Å². The van der Waals surface area contributed by atoms with Crippen molar-refractivity contribution in [2.24, 2.45) is 5.92 Å². The number of aromatic nitrogens is 2. The Morgan fingerprint density at radius 1 is 1.40 bits per heavy atom. The van der Waals surface area contributed by atoms with Crippen molar-refractivity contribution in [1.29, 1.82) is 0 Å². The average Bonchev–Trinajstić information content (AvgIpc) is 2.64. The molecule has 1 saturated carbocycles. The van der Waals surface area contributed by atoms with Gasteiger partial charge in [-0.2, -0.15) is 0 Å². The molecule has 0 aromatic carbocycles. The van der Waals surface area contributed by atoms with Crippen LogP contribution in [-0.4, -0.2) is 9.97 Å². The highest BCUT2D eigenvalue weighted by Gasteiger charge is 2.25. The Balaban J connectivity index is 2.24. The van der Waals surface area contributed by atoms with Gasteiger partial charge in [-0.3, -0.25) is 0 Å². The number of rotatable bonds is 2. The summed E-state index contributed by atoms with van der Waals surface area (Å²) in [6.07, 6.45) is 3.76. The van der Waals surface area contributed by atoms with Crippen LogP contribution in [0, 0.1) is 12.8 Å². The summed E-state index contributed by atoms with van der Waals surface area (Å²) in [5, 5.41) is 0. The Morgan fingerprint density at radius 3 is 2.80 bits per heavy atom. The van der Waals surface area contributed by atoms with Crippen LogP contribution in [0.15, 0.2) is 6.07 Å². The first-order chi connectivity index (χ1) is 7.19. The largest absolute Gasteiger partial charge is 0.238 e. The Hall–Kier alpha value is -0.630. The SMILES string of the molecule is Cc1cc(CCl)nc(C2CCC(C)C2)n1. The summed E-state index contributed by atoms with van der Waals surface area (Å²) in [6, 6.07) is 1.97. The summed E-state index contributed by atoms with van der Waals surface area (Å²) in [6.45, 7) is 4.32. The van der Waals surface area contributed by atoms with Crippen molar-refractivity contribution < 1.29 is 0 Å².